The molecule has 0 radical (unpaired) electrons. The standard InChI is InChI=1S/C24H28O8/c1-11(2)16-9-18(28-13(4)25)17-8-15(30-23(17)27)10-24(6)22(32-24)19-7-12(3)20(31-19)21(16)29-14(5)26/h7-8,15-16,18,21-22H,1,9-10H2,2-6H3/t15-,16+,18-,21+,22-,24-/m0/s1. The first-order chi connectivity index (χ1) is 15.0. The van der Waals surface area contributed by atoms with Gasteiger partial charge in [0.1, 0.15) is 35.4 Å². The summed E-state index contributed by atoms with van der Waals surface area (Å²) in [5.41, 5.74) is 1.20. The molecule has 0 unspecified atom stereocenters. The summed E-state index contributed by atoms with van der Waals surface area (Å²) >= 11 is 0. The minimum absolute atomic E-state index is 0.174. The largest absolute Gasteiger partial charge is 0.459 e. The fourth-order valence-electron chi connectivity index (χ4n) is 4.68. The molecule has 0 aliphatic carbocycles. The normalized spacial score (nSPS) is 33.5. The summed E-state index contributed by atoms with van der Waals surface area (Å²) in [5, 5.41) is 0. The maximum atomic E-state index is 12.7. The molecule has 0 saturated carbocycles. The Bertz CT molecular complexity index is 1020. The van der Waals surface area contributed by atoms with Crippen molar-refractivity contribution >= 4 is 17.9 Å². The Hall–Kier alpha value is -2.87. The third kappa shape index (κ3) is 4.11. The average molecular weight is 444 g/mol. The zero-order chi connectivity index (χ0) is 23.4. The van der Waals surface area contributed by atoms with Crippen LogP contribution in [0.4, 0.5) is 0 Å². The topological polar surface area (TPSA) is 105 Å². The minimum Gasteiger partial charge on any atom is -0.459 e. The lowest BCUT2D eigenvalue weighted by molar-refractivity contribution is -0.154. The summed E-state index contributed by atoms with van der Waals surface area (Å²) in [4.78, 5) is 36.6. The van der Waals surface area contributed by atoms with Crippen LogP contribution in [-0.2, 0) is 33.3 Å². The van der Waals surface area contributed by atoms with Crippen molar-refractivity contribution in [1.29, 1.82) is 0 Å². The van der Waals surface area contributed by atoms with Crippen molar-refractivity contribution in [3.05, 3.63) is 47.0 Å². The molecule has 3 aliphatic heterocycles. The highest BCUT2D eigenvalue weighted by atomic mass is 16.6. The van der Waals surface area contributed by atoms with Gasteiger partial charge in [0.25, 0.3) is 0 Å². The first kappa shape index (κ1) is 22.3. The van der Waals surface area contributed by atoms with E-state index in [1.807, 2.05) is 19.9 Å². The van der Waals surface area contributed by atoms with Gasteiger partial charge in [-0.05, 0) is 44.9 Å². The lowest BCUT2D eigenvalue weighted by atomic mass is 9.85. The lowest BCUT2D eigenvalue weighted by Crippen LogP contribution is -2.29. The Morgan fingerprint density at radius 3 is 2.50 bits per heavy atom. The van der Waals surface area contributed by atoms with Gasteiger partial charge < -0.3 is 23.4 Å². The Balaban J connectivity index is 1.84. The van der Waals surface area contributed by atoms with Crippen LogP contribution >= 0.6 is 0 Å². The van der Waals surface area contributed by atoms with E-state index in [-0.39, 0.29) is 18.1 Å². The van der Waals surface area contributed by atoms with Crippen LogP contribution in [-0.4, -0.2) is 35.7 Å². The third-order valence-electron chi connectivity index (χ3n) is 6.26. The summed E-state index contributed by atoms with van der Waals surface area (Å²) in [6.07, 6.45) is -0.196. The second kappa shape index (κ2) is 7.92. The summed E-state index contributed by atoms with van der Waals surface area (Å²) in [5.74, 6) is -0.919. The van der Waals surface area contributed by atoms with Gasteiger partial charge in [-0.2, -0.15) is 0 Å². The number of furan rings is 1. The SMILES string of the molecule is C=C(C)[C@H]1C[C@H](OC(C)=O)C2=C[C@@H](C[C@]3(C)O[C@H]3c3cc(C)c(o3)[C@@H]1OC(C)=O)OC2=O. The number of hydrogen-bond acceptors (Lipinski definition) is 8. The van der Waals surface area contributed by atoms with E-state index in [9.17, 15) is 14.4 Å². The molecule has 4 rings (SSSR count). The monoisotopic (exact) mass is 444 g/mol. The number of epoxide rings is 1. The predicted octanol–water partition coefficient (Wildman–Crippen LogP) is 3.79. The molecule has 32 heavy (non-hydrogen) atoms. The van der Waals surface area contributed by atoms with Gasteiger partial charge in [-0.1, -0.05) is 12.2 Å². The Kier molecular flexibility index (Phi) is 5.53. The van der Waals surface area contributed by atoms with Crippen LogP contribution in [0.2, 0.25) is 0 Å². The van der Waals surface area contributed by atoms with Crippen molar-refractivity contribution in [2.45, 2.75) is 77.5 Å². The van der Waals surface area contributed by atoms with Crippen LogP contribution in [0.15, 0.2) is 34.3 Å². The van der Waals surface area contributed by atoms with Crippen molar-refractivity contribution in [1.82, 2.24) is 0 Å². The molecule has 1 aromatic rings. The van der Waals surface area contributed by atoms with E-state index in [1.54, 1.807) is 13.0 Å². The minimum atomic E-state index is -0.885. The van der Waals surface area contributed by atoms with Crippen molar-refractivity contribution in [2.24, 2.45) is 5.92 Å². The van der Waals surface area contributed by atoms with E-state index in [0.717, 1.165) is 5.56 Å². The molecule has 0 amide bonds. The summed E-state index contributed by atoms with van der Waals surface area (Å²) < 4.78 is 28.9. The molecule has 0 N–H and O–H groups in total. The second-order valence-electron chi connectivity index (χ2n) is 9.09. The van der Waals surface area contributed by atoms with Gasteiger partial charge in [-0.3, -0.25) is 9.59 Å². The maximum Gasteiger partial charge on any atom is 0.338 e. The molecule has 0 aromatic carbocycles. The van der Waals surface area contributed by atoms with Gasteiger partial charge in [0.15, 0.2) is 6.10 Å². The molecule has 8 nitrogen and oxygen atoms in total. The first-order valence-corrected chi connectivity index (χ1v) is 10.7. The van der Waals surface area contributed by atoms with E-state index in [2.05, 4.69) is 6.58 Å². The van der Waals surface area contributed by atoms with Crippen molar-refractivity contribution in [3.8, 4) is 0 Å². The summed E-state index contributed by atoms with van der Waals surface area (Å²) in [7, 11) is 0. The number of ether oxygens (including phenoxy) is 4. The van der Waals surface area contributed by atoms with Crippen LogP contribution in [0.25, 0.3) is 0 Å². The highest BCUT2D eigenvalue weighted by Gasteiger charge is 2.57. The van der Waals surface area contributed by atoms with Gasteiger partial charge in [0.05, 0.1) is 5.57 Å². The van der Waals surface area contributed by atoms with Crippen LogP contribution < -0.4 is 0 Å². The van der Waals surface area contributed by atoms with Crippen LogP contribution in [0, 0.1) is 12.8 Å². The molecule has 4 heterocycles. The predicted molar refractivity (Wildman–Crippen MR) is 111 cm³/mol. The van der Waals surface area contributed by atoms with Gasteiger partial charge in [0.2, 0.25) is 0 Å². The molecular formula is C24H28O8. The van der Waals surface area contributed by atoms with Gasteiger partial charge in [-0.15, -0.1) is 0 Å². The molecule has 0 spiro atoms. The molecule has 8 heteroatoms. The second-order valence-corrected chi connectivity index (χ2v) is 9.09. The number of rotatable bonds is 3. The Morgan fingerprint density at radius 1 is 1.19 bits per heavy atom. The average Bonchev–Trinajstić information content (AvgIpc) is 2.98. The molecule has 1 saturated heterocycles. The van der Waals surface area contributed by atoms with E-state index in [0.29, 0.717) is 23.5 Å². The van der Waals surface area contributed by atoms with E-state index in [4.69, 9.17) is 23.4 Å². The highest BCUT2D eigenvalue weighted by Crippen LogP contribution is 2.54. The van der Waals surface area contributed by atoms with E-state index < -0.39 is 47.7 Å². The number of esters is 3. The van der Waals surface area contributed by atoms with Crippen molar-refractivity contribution in [3.63, 3.8) is 0 Å². The smallest absolute Gasteiger partial charge is 0.338 e. The number of hydrogen-bond donors (Lipinski definition) is 0. The Morgan fingerprint density at radius 2 is 1.88 bits per heavy atom. The van der Waals surface area contributed by atoms with Crippen molar-refractivity contribution < 1.29 is 37.7 Å². The highest BCUT2D eigenvalue weighted by molar-refractivity contribution is 5.92. The van der Waals surface area contributed by atoms with E-state index in [1.165, 1.54) is 13.8 Å². The fourth-order valence-corrected chi connectivity index (χ4v) is 4.68. The zero-order valence-electron chi connectivity index (χ0n) is 18.9. The zero-order valence-corrected chi connectivity index (χ0v) is 18.9. The van der Waals surface area contributed by atoms with Crippen LogP contribution in [0.3, 0.4) is 0 Å². The molecular weight excluding hydrogens is 416 g/mol. The molecule has 3 aliphatic rings. The van der Waals surface area contributed by atoms with Gasteiger partial charge in [0, 0.05) is 26.2 Å². The third-order valence-corrected chi connectivity index (χ3v) is 6.26. The lowest BCUT2D eigenvalue weighted by Gasteiger charge is -2.29. The fraction of sp³-hybridized carbons (Fsp3) is 0.542. The van der Waals surface area contributed by atoms with Gasteiger partial charge >= 0.3 is 17.9 Å². The number of carbonyl (C=O) groups is 3. The number of aryl methyl sites for hydroxylation is 1. The first-order valence-electron chi connectivity index (χ1n) is 10.7. The summed E-state index contributed by atoms with van der Waals surface area (Å²) in [6, 6.07) is 1.88. The Labute approximate surface area is 186 Å². The molecule has 6 atom stereocenters. The van der Waals surface area contributed by atoms with E-state index >= 15 is 0 Å². The molecule has 1 fully saturated rings. The maximum absolute atomic E-state index is 12.7. The van der Waals surface area contributed by atoms with Crippen LogP contribution in [0.1, 0.15) is 69.8 Å². The number of carbonyl (C=O) groups excluding carboxylic acids is 3. The van der Waals surface area contributed by atoms with Crippen molar-refractivity contribution in [2.75, 3.05) is 0 Å². The summed E-state index contributed by atoms with van der Waals surface area (Å²) in [6.45, 7) is 12.3. The molecule has 4 bridgehead atoms. The van der Waals surface area contributed by atoms with Gasteiger partial charge in [-0.25, -0.2) is 4.79 Å². The van der Waals surface area contributed by atoms with Crippen LogP contribution in [0.5, 0.6) is 0 Å². The number of fused-ring (bicyclic) bond motifs is 5. The quantitative estimate of drug-likeness (QED) is 0.300. The molecule has 172 valence electrons. The molecule has 1 aromatic heterocycles.